The first kappa shape index (κ1) is 116. The molecule has 133 heavy (non-hydrogen) atoms. The van der Waals surface area contributed by atoms with Crippen molar-refractivity contribution in [3.8, 4) is 0 Å². The maximum absolute atomic E-state index is 14.8. The first-order chi connectivity index (χ1) is 61.4. The highest BCUT2D eigenvalue weighted by Gasteiger charge is 2.49. The van der Waals surface area contributed by atoms with Crippen molar-refractivity contribution in [3.63, 3.8) is 0 Å². The molecule has 2 heterocycles. The maximum Gasteiger partial charge on any atom is 0.251 e. The number of nitrogens with zero attached hydrogens (tertiary/aromatic N) is 2. The van der Waals surface area contributed by atoms with Crippen LogP contribution in [0, 0.1) is 17.8 Å². The third-order valence-electron chi connectivity index (χ3n) is 23.0. The predicted octanol–water partition coefficient (Wildman–Crippen LogP) is -1.76. The van der Waals surface area contributed by atoms with Crippen molar-refractivity contribution in [1.29, 1.82) is 0 Å². The van der Waals surface area contributed by atoms with E-state index in [4.69, 9.17) is 5.11 Å². The van der Waals surface area contributed by atoms with Crippen LogP contribution in [0.25, 0.3) is 0 Å². The molecule has 2 aliphatic rings. The average Bonchev–Trinajstić information content (AvgIpc) is 1.71. The number of hydrogen-bond donors (Lipinski definition) is 20. The molecular weight excluding hydrogens is 1730 g/mol. The zero-order valence-corrected chi connectivity index (χ0v) is 82.4. The minimum Gasteiger partial charge on any atom is -0.395 e. The Kier molecular flexibility index (Phi) is 44.0. The fraction of sp³-hybridized carbons (Fsp3) is 0.714. The van der Waals surface area contributed by atoms with Crippen molar-refractivity contribution < 1.29 is 106 Å². The molecule has 20 amide bonds. The van der Waals surface area contributed by atoms with Crippen LogP contribution >= 0.6 is 0 Å². The van der Waals surface area contributed by atoms with E-state index in [1.807, 2.05) is 27.7 Å². The summed E-state index contributed by atoms with van der Waals surface area (Å²) in [6.07, 6.45) is -1.14. The summed E-state index contributed by atoms with van der Waals surface area (Å²) in [5, 5.41) is 67.7. The molecule has 0 bridgehead atoms. The molecule has 0 radical (unpaired) electrons. The lowest BCUT2D eigenvalue weighted by Crippen LogP contribution is -2.66. The van der Waals surface area contributed by atoms with Crippen LogP contribution in [-0.2, 0) is 102 Å². The van der Waals surface area contributed by atoms with Gasteiger partial charge in [0.25, 0.3) is 5.91 Å². The van der Waals surface area contributed by atoms with Gasteiger partial charge >= 0.3 is 0 Å². The van der Waals surface area contributed by atoms with Gasteiger partial charge in [0.05, 0.1) is 12.1 Å². The van der Waals surface area contributed by atoms with Crippen molar-refractivity contribution in [3.05, 3.63) is 35.9 Å². The lowest BCUT2D eigenvalue weighted by atomic mass is 9.94. The second-order valence-corrected chi connectivity index (χ2v) is 39.5. The SMILES string of the molecule is CCC(C)(NC(=O)C(CC(C)C)NC(=O)CCNC(=O)C(O)C(C)(C)NC(=O)C(C)NC(=O)C1CCCN1C(=O)C(C)(CC)NC(=O)C(Cc1ccccc1)NC(=O)C(C)(C)NC(=O)C(C)(C)NC(=O)C(C)NC(=O)C1CCCN1C(=O)C(C)(C)NC(C)=O)C(=O)NCCC(=O)NC(CC(C)C)C(=O)NC(C)(C)C(=O)NC(C)(C)C(=O)NC(CC(C)C)C(=O)NCCC(=O)NCCO. The standard InChI is InChI=1S/C91H152N20O22/c1-26-90(24,81(131)95-42-39-66(116)98-59(48-52(5)6)71(121)105-88(20,21)80(130)109-85(14,15)77(127)100-58(47-51(3)4)70(120)93-40-37-64(114)92-43-46-112)106-72(122)60(49-53(7)8)99-65(115)38-41-94-76(126)67(117)84(12,13)103-68(118)54(9)96-75(125)63-36-32-45-111(63)83(133)91(25,27-2)107-73(123)61(50-57-33-29-28-30-34-57)101-78(128)86(16,17)108-79(129)87(18,19)104-69(119)55(10)97-74(124)62-35-31-44-110(62)82(132)89(22,23)102-56(11)113/h28-30,33-34,51-55,58-63,67,112,117H,26-27,31-32,35-50H2,1-25H3,(H,92,114)(H,93,120)(H,94,126)(H,95,131)(H,96,125)(H,97,124)(H,98,116)(H,99,115)(H,100,127)(H,101,128)(H,102,113)(H,103,118)(H,104,119)(H,105,121)(H,106,122)(H,107,123)(H,108,129)(H,109,130). The number of likely N-dealkylation sites (tertiary alicyclic amines) is 2. The van der Waals surface area contributed by atoms with E-state index in [1.165, 1.54) is 128 Å². The maximum atomic E-state index is 14.8. The molecule has 748 valence electrons. The number of amides is 20. The van der Waals surface area contributed by atoms with Crippen molar-refractivity contribution in [1.82, 2.24) is 106 Å². The van der Waals surface area contributed by atoms with Gasteiger partial charge in [-0.3, -0.25) is 95.9 Å². The summed E-state index contributed by atoms with van der Waals surface area (Å²) in [5.74, 6) is -14.4. The molecule has 42 heteroatoms. The molecule has 11 unspecified atom stereocenters. The van der Waals surface area contributed by atoms with Gasteiger partial charge in [0, 0.05) is 71.9 Å². The number of rotatable bonds is 52. The van der Waals surface area contributed by atoms with E-state index in [0.29, 0.717) is 24.8 Å². The monoisotopic (exact) mass is 1880 g/mol. The molecule has 20 N–H and O–H groups in total. The lowest BCUT2D eigenvalue weighted by Gasteiger charge is -2.37. The Morgan fingerprint density at radius 3 is 1.19 bits per heavy atom. The van der Waals surface area contributed by atoms with Crippen LogP contribution in [0.1, 0.15) is 256 Å². The highest BCUT2D eigenvalue weighted by Crippen LogP contribution is 2.27. The number of nitrogens with one attached hydrogen (secondary N) is 18. The van der Waals surface area contributed by atoms with Crippen molar-refractivity contribution in [2.24, 2.45) is 17.8 Å². The van der Waals surface area contributed by atoms with E-state index in [9.17, 15) is 101 Å². The van der Waals surface area contributed by atoms with Gasteiger partial charge < -0.3 is 116 Å². The molecule has 1 aromatic carbocycles. The molecule has 0 aliphatic carbocycles. The zero-order chi connectivity index (χ0) is 102. The summed E-state index contributed by atoms with van der Waals surface area (Å²) in [5.41, 5.74) is -12.5. The van der Waals surface area contributed by atoms with E-state index < -0.39 is 223 Å². The second kappa shape index (κ2) is 50.6. The fourth-order valence-corrected chi connectivity index (χ4v) is 14.5. The number of carbonyl (C=O) groups excluding carboxylic acids is 20. The predicted molar refractivity (Wildman–Crippen MR) is 493 cm³/mol. The van der Waals surface area contributed by atoms with E-state index in [0.717, 1.165) is 0 Å². The van der Waals surface area contributed by atoms with E-state index >= 15 is 0 Å². The van der Waals surface area contributed by atoms with Gasteiger partial charge in [0.2, 0.25) is 112 Å². The molecule has 2 saturated heterocycles. The molecule has 0 saturated carbocycles. The van der Waals surface area contributed by atoms with Crippen LogP contribution in [0.3, 0.4) is 0 Å². The summed E-state index contributed by atoms with van der Waals surface area (Å²) in [6.45, 7) is 37.3. The number of aliphatic hydroxyl groups is 2. The highest BCUT2D eigenvalue weighted by molar-refractivity contribution is 6.03. The van der Waals surface area contributed by atoms with E-state index in [1.54, 1.807) is 58.0 Å². The van der Waals surface area contributed by atoms with Crippen LogP contribution in [0.5, 0.6) is 0 Å². The minimum atomic E-state index is -1.95. The lowest BCUT2D eigenvalue weighted by molar-refractivity contribution is -0.146. The van der Waals surface area contributed by atoms with Gasteiger partial charge in [0.15, 0.2) is 6.10 Å². The first-order valence-corrected chi connectivity index (χ1v) is 45.8. The second-order valence-electron chi connectivity index (χ2n) is 39.5. The smallest absolute Gasteiger partial charge is 0.251 e. The normalized spacial score (nSPS) is 16.7. The molecule has 1 aromatic rings. The summed E-state index contributed by atoms with van der Waals surface area (Å²) < 4.78 is 0. The van der Waals surface area contributed by atoms with Gasteiger partial charge in [-0.25, -0.2) is 0 Å². The molecule has 0 aromatic heterocycles. The van der Waals surface area contributed by atoms with Crippen LogP contribution in [0.2, 0.25) is 0 Å². The third kappa shape index (κ3) is 36.1. The summed E-state index contributed by atoms with van der Waals surface area (Å²) in [7, 11) is 0. The van der Waals surface area contributed by atoms with E-state index in [-0.39, 0.29) is 121 Å². The van der Waals surface area contributed by atoms with E-state index in [2.05, 4.69) is 95.7 Å². The molecule has 11 atom stereocenters. The summed E-state index contributed by atoms with van der Waals surface area (Å²) >= 11 is 0. The number of aliphatic hydroxyl groups excluding tert-OH is 2. The molecular formula is C91H152N20O22. The minimum absolute atomic E-state index is 0.0186. The van der Waals surface area contributed by atoms with Gasteiger partial charge in [-0.15, -0.1) is 0 Å². The van der Waals surface area contributed by atoms with Crippen molar-refractivity contribution in [2.75, 3.05) is 45.9 Å². The molecule has 2 fully saturated rings. The average molecular weight is 1880 g/mol. The van der Waals surface area contributed by atoms with Crippen LogP contribution in [-0.4, -0.2) is 283 Å². The van der Waals surface area contributed by atoms with Gasteiger partial charge in [0.1, 0.15) is 87.1 Å². The Hall–Kier alpha value is -11.5. The van der Waals surface area contributed by atoms with Crippen LogP contribution in [0.15, 0.2) is 30.3 Å². The number of hydrogen-bond acceptors (Lipinski definition) is 22. The molecule has 0 spiro atoms. The van der Waals surface area contributed by atoms with Crippen molar-refractivity contribution in [2.45, 2.75) is 355 Å². The molecule has 42 nitrogen and oxygen atoms in total. The Bertz CT molecular complexity index is 4320. The van der Waals surface area contributed by atoms with Crippen LogP contribution < -0.4 is 95.7 Å². The third-order valence-corrected chi connectivity index (χ3v) is 23.0. The largest absolute Gasteiger partial charge is 0.395 e. The molecule has 2 aliphatic heterocycles. The first-order valence-electron chi connectivity index (χ1n) is 45.8. The molecule has 3 rings (SSSR count). The number of carbonyl (C=O) groups is 20. The zero-order valence-electron chi connectivity index (χ0n) is 82.4. The van der Waals surface area contributed by atoms with Gasteiger partial charge in [-0.1, -0.05) is 85.7 Å². The summed E-state index contributed by atoms with van der Waals surface area (Å²) in [6, 6.07) is -0.818. The van der Waals surface area contributed by atoms with Crippen LogP contribution in [0.4, 0.5) is 0 Å². The number of benzene rings is 1. The van der Waals surface area contributed by atoms with Gasteiger partial charge in [-0.05, 0) is 192 Å². The highest BCUT2D eigenvalue weighted by atomic mass is 16.3. The topological polar surface area (TPSA) is 605 Å². The Labute approximate surface area is 781 Å². The Balaban J connectivity index is 1.60. The quantitative estimate of drug-likeness (QED) is 0.0344. The Morgan fingerprint density at radius 2 is 0.752 bits per heavy atom. The Morgan fingerprint density at radius 1 is 0.376 bits per heavy atom. The summed E-state index contributed by atoms with van der Waals surface area (Å²) in [4.78, 5) is 276. The van der Waals surface area contributed by atoms with Crippen molar-refractivity contribution >= 4 is 118 Å². The van der Waals surface area contributed by atoms with Gasteiger partial charge in [-0.2, -0.15) is 0 Å². The fourth-order valence-electron chi connectivity index (χ4n) is 14.5.